The fourth-order valence-corrected chi connectivity index (χ4v) is 2.72. The summed E-state index contributed by atoms with van der Waals surface area (Å²) < 4.78 is 19.1. The number of fused-ring (bicyclic) bond motifs is 1. The largest absolute Gasteiger partial charge is 0.412 e. The Labute approximate surface area is 131 Å². The van der Waals surface area contributed by atoms with Gasteiger partial charge in [0.25, 0.3) is 5.89 Å². The molecule has 0 saturated carbocycles. The third-order valence-corrected chi connectivity index (χ3v) is 3.84. The first kappa shape index (κ1) is 13.6. The van der Waals surface area contributed by atoms with E-state index in [9.17, 15) is 9.18 Å². The number of carbonyl (C=O) groups excluding carboxylic acids is 1. The normalized spacial score (nSPS) is 13.2. The molecule has 0 fully saturated rings. The molecule has 1 aromatic heterocycles. The van der Waals surface area contributed by atoms with Crippen molar-refractivity contribution in [2.75, 3.05) is 11.4 Å². The monoisotopic (exact) mass is 309 g/mol. The second kappa shape index (κ2) is 5.31. The van der Waals surface area contributed by atoms with Crippen molar-refractivity contribution in [3.05, 3.63) is 65.8 Å². The lowest BCUT2D eigenvalue weighted by atomic mass is 10.2. The van der Waals surface area contributed by atoms with Crippen LogP contribution in [0.2, 0.25) is 0 Å². The predicted octanol–water partition coefficient (Wildman–Crippen LogP) is 3.08. The number of para-hydroxylation sites is 1. The van der Waals surface area contributed by atoms with Crippen LogP contribution in [0.3, 0.4) is 0 Å². The van der Waals surface area contributed by atoms with Gasteiger partial charge in [0, 0.05) is 12.2 Å². The van der Waals surface area contributed by atoms with Gasteiger partial charge in [-0.3, -0.25) is 4.79 Å². The highest BCUT2D eigenvalue weighted by atomic mass is 19.1. The van der Waals surface area contributed by atoms with Crippen LogP contribution in [0, 0.1) is 5.82 Å². The number of nitrogens with zero attached hydrogens (tertiary/aromatic N) is 3. The molecule has 0 N–H and O–H groups in total. The molecule has 0 unspecified atom stereocenters. The Morgan fingerprint density at radius 1 is 1.09 bits per heavy atom. The summed E-state index contributed by atoms with van der Waals surface area (Å²) in [7, 11) is 0. The molecule has 5 nitrogen and oxygen atoms in total. The summed E-state index contributed by atoms with van der Waals surface area (Å²) in [6.07, 6.45) is 0.788. The summed E-state index contributed by atoms with van der Waals surface area (Å²) in [5.41, 5.74) is 2.14. The Hall–Kier alpha value is -3.02. The molecule has 0 aliphatic carbocycles. The minimum Gasteiger partial charge on any atom is -0.412 e. The molecular weight excluding hydrogens is 297 g/mol. The molecule has 3 aromatic rings. The van der Waals surface area contributed by atoms with Crippen LogP contribution in [-0.4, -0.2) is 22.6 Å². The van der Waals surface area contributed by atoms with Gasteiger partial charge in [-0.05, 0) is 30.2 Å². The van der Waals surface area contributed by atoms with Crippen molar-refractivity contribution in [2.24, 2.45) is 0 Å². The molecular formula is C17H12FN3O2. The molecule has 23 heavy (non-hydrogen) atoms. The van der Waals surface area contributed by atoms with E-state index in [2.05, 4.69) is 10.2 Å². The summed E-state index contributed by atoms with van der Waals surface area (Å²) in [6, 6.07) is 13.8. The van der Waals surface area contributed by atoms with Crippen molar-refractivity contribution in [3.63, 3.8) is 0 Å². The zero-order valence-electron chi connectivity index (χ0n) is 12.1. The molecule has 6 heteroatoms. The number of aromatic nitrogens is 2. The van der Waals surface area contributed by atoms with Gasteiger partial charge in [-0.25, -0.2) is 4.39 Å². The average molecular weight is 309 g/mol. The Bertz CT molecular complexity index is 891. The van der Waals surface area contributed by atoms with Crippen LogP contribution in [-0.2, 0) is 6.42 Å². The maximum Gasteiger partial charge on any atom is 0.315 e. The number of halogens is 1. The Balaban J connectivity index is 1.65. The van der Waals surface area contributed by atoms with E-state index in [1.165, 1.54) is 12.1 Å². The molecule has 1 amide bonds. The lowest BCUT2D eigenvalue weighted by Crippen LogP contribution is -2.29. The second-order valence-corrected chi connectivity index (χ2v) is 5.23. The van der Waals surface area contributed by atoms with Crippen molar-refractivity contribution < 1.29 is 13.6 Å². The number of carbonyl (C=O) groups is 1. The maximum absolute atomic E-state index is 13.8. The summed E-state index contributed by atoms with van der Waals surface area (Å²) >= 11 is 0. The summed E-state index contributed by atoms with van der Waals surface area (Å²) in [5, 5.41) is 7.57. The molecule has 4 rings (SSSR count). The van der Waals surface area contributed by atoms with Crippen LogP contribution in [0.25, 0.3) is 11.5 Å². The van der Waals surface area contributed by atoms with E-state index in [4.69, 9.17) is 4.42 Å². The van der Waals surface area contributed by atoms with Gasteiger partial charge in [-0.2, -0.15) is 0 Å². The Kier molecular flexibility index (Phi) is 3.15. The van der Waals surface area contributed by atoms with Gasteiger partial charge >= 0.3 is 11.8 Å². The average Bonchev–Trinajstić information content (AvgIpc) is 3.22. The van der Waals surface area contributed by atoms with E-state index in [0.29, 0.717) is 6.54 Å². The zero-order valence-corrected chi connectivity index (χ0v) is 12.1. The van der Waals surface area contributed by atoms with E-state index < -0.39 is 5.82 Å². The highest BCUT2D eigenvalue weighted by molar-refractivity contribution is 6.04. The van der Waals surface area contributed by atoms with Gasteiger partial charge in [0.15, 0.2) is 0 Å². The van der Waals surface area contributed by atoms with Gasteiger partial charge < -0.3 is 9.32 Å². The van der Waals surface area contributed by atoms with Crippen LogP contribution in [0.1, 0.15) is 16.2 Å². The molecule has 2 aromatic carbocycles. The van der Waals surface area contributed by atoms with E-state index in [1.807, 2.05) is 24.3 Å². The Morgan fingerprint density at radius 2 is 1.87 bits per heavy atom. The SMILES string of the molecule is O=C(c1nnc(-c2ccccc2F)o1)N1CCc2ccccc21. The standard InChI is InChI=1S/C17H12FN3O2/c18-13-7-3-2-6-12(13)15-19-20-16(23-15)17(22)21-10-9-11-5-1-4-8-14(11)21/h1-8H,9-10H2. The molecule has 0 radical (unpaired) electrons. The number of benzene rings is 2. The van der Waals surface area contributed by atoms with Crippen molar-refractivity contribution in [3.8, 4) is 11.5 Å². The first-order valence-electron chi connectivity index (χ1n) is 7.22. The lowest BCUT2D eigenvalue weighted by molar-refractivity contribution is 0.0956. The second-order valence-electron chi connectivity index (χ2n) is 5.23. The highest BCUT2D eigenvalue weighted by Gasteiger charge is 2.29. The van der Waals surface area contributed by atoms with Crippen molar-refractivity contribution >= 4 is 11.6 Å². The molecule has 114 valence electrons. The molecule has 1 aliphatic heterocycles. The van der Waals surface area contributed by atoms with Gasteiger partial charge in [-0.15, -0.1) is 10.2 Å². The van der Waals surface area contributed by atoms with E-state index in [-0.39, 0.29) is 23.3 Å². The van der Waals surface area contributed by atoms with Gasteiger partial charge in [0.05, 0.1) is 5.56 Å². The summed E-state index contributed by atoms with van der Waals surface area (Å²) in [5.74, 6) is -0.981. The third-order valence-electron chi connectivity index (χ3n) is 3.84. The number of hydrogen-bond acceptors (Lipinski definition) is 4. The number of rotatable bonds is 2. The first-order valence-corrected chi connectivity index (χ1v) is 7.22. The van der Waals surface area contributed by atoms with Crippen LogP contribution in [0.15, 0.2) is 52.9 Å². The molecule has 0 spiro atoms. The van der Waals surface area contributed by atoms with Gasteiger partial charge in [0.1, 0.15) is 5.82 Å². The number of hydrogen-bond donors (Lipinski definition) is 0. The van der Waals surface area contributed by atoms with E-state index in [1.54, 1.807) is 17.0 Å². The highest BCUT2D eigenvalue weighted by Crippen LogP contribution is 2.29. The van der Waals surface area contributed by atoms with E-state index >= 15 is 0 Å². The van der Waals surface area contributed by atoms with Gasteiger partial charge in [-0.1, -0.05) is 30.3 Å². The molecule has 2 heterocycles. The molecule has 0 bridgehead atoms. The minimum atomic E-state index is -0.471. The maximum atomic E-state index is 13.8. The van der Waals surface area contributed by atoms with Crippen molar-refractivity contribution in [1.29, 1.82) is 0 Å². The summed E-state index contributed by atoms with van der Waals surface area (Å²) in [6.45, 7) is 0.565. The third kappa shape index (κ3) is 2.28. The van der Waals surface area contributed by atoms with Crippen molar-refractivity contribution in [1.82, 2.24) is 10.2 Å². The topological polar surface area (TPSA) is 59.2 Å². The molecule has 0 atom stereocenters. The minimum absolute atomic E-state index is 0.000989. The summed E-state index contributed by atoms with van der Waals surface area (Å²) in [4.78, 5) is 14.2. The Morgan fingerprint density at radius 3 is 2.74 bits per heavy atom. The quantitative estimate of drug-likeness (QED) is 0.730. The van der Waals surface area contributed by atoms with Crippen LogP contribution in [0.5, 0.6) is 0 Å². The lowest BCUT2D eigenvalue weighted by Gasteiger charge is -2.14. The van der Waals surface area contributed by atoms with Crippen LogP contribution >= 0.6 is 0 Å². The fourth-order valence-electron chi connectivity index (χ4n) is 2.72. The smallest absolute Gasteiger partial charge is 0.315 e. The van der Waals surface area contributed by atoms with Gasteiger partial charge in [0.2, 0.25) is 0 Å². The van der Waals surface area contributed by atoms with E-state index in [0.717, 1.165) is 17.7 Å². The van der Waals surface area contributed by atoms with Crippen molar-refractivity contribution in [2.45, 2.75) is 6.42 Å². The number of amides is 1. The van der Waals surface area contributed by atoms with Crippen LogP contribution < -0.4 is 4.90 Å². The first-order chi connectivity index (χ1) is 11.2. The molecule has 0 saturated heterocycles. The zero-order chi connectivity index (χ0) is 15.8. The predicted molar refractivity (Wildman–Crippen MR) is 81.5 cm³/mol. The number of anilines is 1. The molecule has 1 aliphatic rings. The fraction of sp³-hybridized carbons (Fsp3) is 0.118. The van der Waals surface area contributed by atoms with Crippen LogP contribution in [0.4, 0.5) is 10.1 Å².